The molecule has 1 spiro atoms. The molecular weight excluding hydrogens is 366 g/mol. The van der Waals surface area contributed by atoms with Gasteiger partial charge in [-0.25, -0.2) is 0 Å². The van der Waals surface area contributed by atoms with Crippen molar-refractivity contribution < 1.29 is 24.3 Å². The van der Waals surface area contributed by atoms with E-state index in [1.165, 1.54) is 24.8 Å². The van der Waals surface area contributed by atoms with Crippen LogP contribution in [0.3, 0.4) is 0 Å². The number of hydrogen-bond donors (Lipinski definition) is 1. The Morgan fingerprint density at radius 2 is 2.07 bits per heavy atom. The van der Waals surface area contributed by atoms with E-state index in [9.17, 15) is 4.79 Å². The Hall–Kier alpha value is -1.59. The molecule has 2 aliphatic heterocycles. The van der Waals surface area contributed by atoms with Crippen molar-refractivity contribution in [3.63, 3.8) is 0 Å². The van der Waals surface area contributed by atoms with E-state index in [1.54, 1.807) is 7.11 Å². The number of nitrogens with two attached hydrogens (primary N) is 1. The van der Waals surface area contributed by atoms with E-state index in [1.807, 2.05) is 12.1 Å². The Morgan fingerprint density at radius 3 is 2.83 bits per heavy atom. The van der Waals surface area contributed by atoms with Crippen LogP contribution in [0.4, 0.5) is 0 Å². The quantitative estimate of drug-likeness (QED) is 0.452. The van der Waals surface area contributed by atoms with Crippen LogP contribution in [-0.2, 0) is 20.7 Å². The fourth-order valence-corrected chi connectivity index (χ4v) is 6.86. The molecule has 2 aliphatic carbocycles. The van der Waals surface area contributed by atoms with E-state index in [-0.39, 0.29) is 41.0 Å². The van der Waals surface area contributed by atoms with Gasteiger partial charge in [0.2, 0.25) is 0 Å². The van der Waals surface area contributed by atoms with Gasteiger partial charge in [0.25, 0.3) is 0 Å². The number of hydrogen-bond acceptors (Lipinski definition) is 4. The third-order valence-corrected chi connectivity index (χ3v) is 8.41. The minimum Gasteiger partial charge on any atom is -0.497 e. The molecule has 0 aromatic heterocycles. The number of carbonyl (C=O) groups is 1. The first-order valence-electron chi connectivity index (χ1n) is 11.3. The molecule has 0 amide bonds. The maximum Gasteiger partial charge on any atom is 0.315 e. The van der Waals surface area contributed by atoms with Gasteiger partial charge in [-0.05, 0) is 42.9 Å². The highest BCUT2D eigenvalue weighted by Gasteiger charge is 2.78. The van der Waals surface area contributed by atoms with Crippen molar-refractivity contribution in [3.05, 3.63) is 29.8 Å². The van der Waals surface area contributed by atoms with Crippen LogP contribution in [0.2, 0.25) is 0 Å². The molecule has 4 aliphatic rings. The Morgan fingerprint density at radius 1 is 1.28 bits per heavy atom. The number of quaternary nitrogens is 1. The number of benzene rings is 1. The van der Waals surface area contributed by atoms with Gasteiger partial charge in [0.1, 0.15) is 23.4 Å². The molecular formula is C24H34NO4+. The van der Waals surface area contributed by atoms with Crippen molar-refractivity contribution in [2.75, 3.05) is 20.2 Å². The number of rotatable bonds is 6. The van der Waals surface area contributed by atoms with Gasteiger partial charge in [0.15, 0.2) is 0 Å². The van der Waals surface area contributed by atoms with Crippen molar-refractivity contribution in [3.8, 4) is 5.75 Å². The molecule has 2 N–H and O–H groups in total. The number of fused-ring (bicyclic) bond motifs is 2. The third kappa shape index (κ3) is 2.92. The van der Waals surface area contributed by atoms with Gasteiger partial charge in [0, 0.05) is 17.8 Å². The molecule has 2 heterocycles. The van der Waals surface area contributed by atoms with Gasteiger partial charge in [-0.1, -0.05) is 32.4 Å². The lowest BCUT2D eigenvalue weighted by Gasteiger charge is -2.48. The molecule has 7 atom stereocenters. The molecule has 1 aromatic carbocycles. The van der Waals surface area contributed by atoms with E-state index < -0.39 is 0 Å². The van der Waals surface area contributed by atoms with E-state index in [0.29, 0.717) is 5.92 Å². The second-order valence-corrected chi connectivity index (χ2v) is 9.96. The molecule has 5 rings (SSSR count). The lowest BCUT2D eigenvalue weighted by atomic mass is 9.53. The highest BCUT2D eigenvalue weighted by atomic mass is 16.6. The fraction of sp³-hybridized carbons (Fsp3) is 0.708. The van der Waals surface area contributed by atoms with Crippen LogP contribution in [0.15, 0.2) is 24.3 Å². The second kappa shape index (κ2) is 6.98. The molecule has 1 aromatic rings. The summed E-state index contributed by atoms with van der Waals surface area (Å²) in [6, 6.07) is 8.23. The first-order valence-corrected chi connectivity index (χ1v) is 11.3. The van der Waals surface area contributed by atoms with Crippen molar-refractivity contribution in [1.82, 2.24) is 0 Å². The van der Waals surface area contributed by atoms with Crippen LogP contribution >= 0.6 is 0 Å². The molecule has 158 valence electrons. The highest BCUT2D eigenvalue weighted by molar-refractivity contribution is 5.76. The summed E-state index contributed by atoms with van der Waals surface area (Å²) in [5.74, 6) is 1.69. The fourth-order valence-electron chi connectivity index (χ4n) is 6.86. The molecule has 4 fully saturated rings. The monoisotopic (exact) mass is 400 g/mol. The minimum atomic E-state index is -0.0288. The molecule has 29 heavy (non-hydrogen) atoms. The molecule has 0 radical (unpaired) electrons. The van der Waals surface area contributed by atoms with E-state index >= 15 is 0 Å². The smallest absolute Gasteiger partial charge is 0.315 e. The first kappa shape index (κ1) is 19.4. The summed E-state index contributed by atoms with van der Waals surface area (Å²) in [5, 5.41) is 2.28. The summed E-state index contributed by atoms with van der Waals surface area (Å²) in [7, 11) is 1.69. The lowest BCUT2D eigenvalue weighted by molar-refractivity contribution is -0.658. The minimum absolute atomic E-state index is 0.00116. The third-order valence-electron chi connectivity index (χ3n) is 8.41. The SMILES string of the molecule is COc1ccc(CC[NH2+]C[C@H]2C(=O)O[C@@H]3C[C@@]4(C)CCC[C@H](C)[C@]45O[C@@H]5[C@@H]32)cc1. The molecule has 0 unspecified atom stereocenters. The van der Waals surface area contributed by atoms with Gasteiger partial charge in [-0.2, -0.15) is 0 Å². The molecule has 2 saturated heterocycles. The van der Waals surface area contributed by atoms with E-state index in [2.05, 4.69) is 31.3 Å². The zero-order chi connectivity index (χ0) is 20.2. The predicted octanol–water partition coefficient (Wildman–Crippen LogP) is 2.33. The number of ether oxygens (including phenoxy) is 3. The summed E-state index contributed by atoms with van der Waals surface area (Å²) in [6.45, 7) is 6.50. The number of methoxy groups -OCH3 is 1. The van der Waals surface area contributed by atoms with E-state index in [4.69, 9.17) is 14.2 Å². The Kier molecular flexibility index (Phi) is 4.67. The Balaban J connectivity index is 1.21. The summed E-state index contributed by atoms with van der Waals surface area (Å²) in [6.07, 6.45) is 5.95. The van der Waals surface area contributed by atoms with Gasteiger partial charge >= 0.3 is 5.97 Å². The van der Waals surface area contributed by atoms with Crippen LogP contribution in [0.1, 0.15) is 45.1 Å². The Bertz CT molecular complexity index is 780. The number of carbonyl (C=O) groups excluding carboxylic acids is 1. The zero-order valence-electron chi connectivity index (χ0n) is 17.9. The van der Waals surface area contributed by atoms with Crippen LogP contribution in [0, 0.1) is 23.2 Å². The Labute approximate surface area is 173 Å². The molecule has 0 bridgehead atoms. The van der Waals surface area contributed by atoms with Gasteiger partial charge in [-0.15, -0.1) is 0 Å². The maximum atomic E-state index is 12.7. The first-order chi connectivity index (χ1) is 14.0. The summed E-state index contributed by atoms with van der Waals surface area (Å²) in [5.41, 5.74) is 1.47. The largest absolute Gasteiger partial charge is 0.497 e. The van der Waals surface area contributed by atoms with Gasteiger partial charge < -0.3 is 19.5 Å². The van der Waals surface area contributed by atoms with Crippen molar-refractivity contribution >= 4 is 5.97 Å². The number of esters is 1. The standard InChI is InChI=1S/C24H33NO4/c1-15-5-4-11-23(2)13-19-20(21-24(15,23)29-21)18(22(26)28-19)14-25-12-10-16-6-8-17(27-3)9-7-16/h6-9,15,18-21,25H,4-5,10-14H2,1-3H3/p+1/t15-,18+,19+,20+,21+,23+,24+/m0/s1. The second-order valence-electron chi connectivity index (χ2n) is 9.96. The van der Waals surface area contributed by atoms with Crippen LogP contribution in [0.25, 0.3) is 0 Å². The molecule has 5 heteroatoms. The molecule has 5 nitrogen and oxygen atoms in total. The van der Waals surface area contributed by atoms with Crippen LogP contribution in [-0.4, -0.2) is 44.0 Å². The summed E-state index contributed by atoms with van der Waals surface area (Å²) < 4.78 is 17.6. The van der Waals surface area contributed by atoms with Gasteiger partial charge in [0.05, 0.1) is 26.3 Å². The van der Waals surface area contributed by atoms with Crippen LogP contribution < -0.4 is 10.1 Å². The maximum absolute atomic E-state index is 12.7. The zero-order valence-corrected chi connectivity index (χ0v) is 17.9. The summed E-state index contributed by atoms with van der Waals surface area (Å²) in [4.78, 5) is 12.7. The van der Waals surface area contributed by atoms with Crippen molar-refractivity contribution in [2.45, 2.75) is 63.8 Å². The van der Waals surface area contributed by atoms with Crippen LogP contribution in [0.5, 0.6) is 5.75 Å². The normalized spacial score (nSPS) is 42.4. The lowest BCUT2D eigenvalue weighted by Crippen LogP contribution is -2.86. The van der Waals surface area contributed by atoms with Crippen molar-refractivity contribution in [2.24, 2.45) is 23.2 Å². The average Bonchev–Trinajstić information content (AvgIpc) is 3.39. The highest BCUT2D eigenvalue weighted by Crippen LogP contribution is 2.70. The topological polar surface area (TPSA) is 64.7 Å². The summed E-state index contributed by atoms with van der Waals surface area (Å²) >= 11 is 0. The predicted molar refractivity (Wildman–Crippen MR) is 109 cm³/mol. The van der Waals surface area contributed by atoms with Crippen molar-refractivity contribution in [1.29, 1.82) is 0 Å². The average molecular weight is 401 g/mol. The van der Waals surface area contributed by atoms with Gasteiger partial charge in [-0.3, -0.25) is 4.79 Å². The molecule has 2 saturated carbocycles. The number of epoxide rings is 1. The van der Waals surface area contributed by atoms with E-state index in [0.717, 1.165) is 31.7 Å².